The first kappa shape index (κ1) is 18.9. The van der Waals surface area contributed by atoms with Crippen molar-refractivity contribution in [1.82, 2.24) is 14.6 Å². The maximum absolute atomic E-state index is 13.1. The van der Waals surface area contributed by atoms with Crippen LogP contribution < -0.4 is 5.32 Å². The van der Waals surface area contributed by atoms with Crippen molar-refractivity contribution in [1.29, 1.82) is 0 Å². The molecule has 1 aromatic carbocycles. The van der Waals surface area contributed by atoms with Crippen LogP contribution in [0, 0.1) is 5.82 Å². The molecular weight excluding hydrogens is 425 g/mol. The molecule has 3 rings (SSSR count). The highest BCUT2D eigenvalue weighted by atomic mass is 79.9. The number of carbonyl (C=O) groups is 1. The van der Waals surface area contributed by atoms with Crippen LogP contribution in [0.2, 0.25) is 0 Å². The summed E-state index contributed by atoms with van der Waals surface area (Å²) in [6.07, 6.45) is 2.66. The molecule has 138 valence electrons. The summed E-state index contributed by atoms with van der Waals surface area (Å²) >= 11 is 3.26. The fourth-order valence-electron chi connectivity index (χ4n) is 2.89. The SMILES string of the molecule is O=C(NCc1ccnc(Br)c1)C1CCCN1S(=O)(=O)c1ccc(F)cc1. The standard InChI is InChI=1S/C17H17BrFN3O3S/c18-16-10-12(7-8-20-16)11-21-17(23)15-2-1-9-22(15)26(24,25)14-5-3-13(19)4-6-14/h3-8,10,15H,1-2,9,11H2,(H,21,23). The van der Waals surface area contributed by atoms with Gasteiger partial charge in [-0.1, -0.05) is 0 Å². The maximum atomic E-state index is 13.1. The molecule has 2 heterocycles. The molecule has 6 nitrogen and oxygen atoms in total. The van der Waals surface area contributed by atoms with Crippen molar-refractivity contribution in [2.75, 3.05) is 6.54 Å². The van der Waals surface area contributed by atoms with E-state index in [-0.39, 0.29) is 23.9 Å². The smallest absolute Gasteiger partial charge is 0.243 e. The van der Waals surface area contributed by atoms with Gasteiger partial charge in [0.05, 0.1) is 4.90 Å². The number of amides is 1. The van der Waals surface area contributed by atoms with Crippen LogP contribution in [0.25, 0.3) is 0 Å². The zero-order valence-electron chi connectivity index (χ0n) is 13.7. The molecule has 0 bridgehead atoms. The molecule has 26 heavy (non-hydrogen) atoms. The summed E-state index contributed by atoms with van der Waals surface area (Å²) in [7, 11) is -3.85. The van der Waals surface area contributed by atoms with Gasteiger partial charge >= 0.3 is 0 Å². The Morgan fingerprint density at radius 1 is 1.31 bits per heavy atom. The Kier molecular flexibility index (Phi) is 5.69. The number of pyridine rings is 1. The van der Waals surface area contributed by atoms with Crippen molar-refractivity contribution in [3.63, 3.8) is 0 Å². The molecule has 1 aliphatic rings. The summed E-state index contributed by atoms with van der Waals surface area (Å²) in [6, 6.07) is 7.40. The van der Waals surface area contributed by atoms with Crippen LogP contribution >= 0.6 is 15.9 Å². The van der Waals surface area contributed by atoms with E-state index in [1.54, 1.807) is 18.3 Å². The average molecular weight is 442 g/mol. The van der Waals surface area contributed by atoms with E-state index in [1.165, 1.54) is 16.4 Å². The lowest BCUT2D eigenvalue weighted by molar-refractivity contribution is -0.124. The molecule has 0 saturated carbocycles. The second-order valence-electron chi connectivity index (χ2n) is 5.93. The number of carbonyl (C=O) groups excluding carboxylic acids is 1. The molecule has 1 fully saturated rings. The lowest BCUT2D eigenvalue weighted by Gasteiger charge is -2.23. The molecular formula is C17H17BrFN3O3S. The van der Waals surface area contributed by atoms with Gasteiger partial charge in [-0.25, -0.2) is 17.8 Å². The number of nitrogens with zero attached hydrogens (tertiary/aromatic N) is 2. The van der Waals surface area contributed by atoms with Gasteiger partial charge in [0, 0.05) is 19.3 Å². The van der Waals surface area contributed by atoms with Crippen LogP contribution in [-0.2, 0) is 21.4 Å². The summed E-state index contributed by atoms with van der Waals surface area (Å²) in [5.41, 5.74) is 0.853. The second-order valence-corrected chi connectivity index (χ2v) is 8.64. The molecule has 1 saturated heterocycles. The van der Waals surface area contributed by atoms with Crippen LogP contribution in [0.1, 0.15) is 18.4 Å². The summed E-state index contributed by atoms with van der Waals surface area (Å²) in [5, 5.41) is 2.78. The van der Waals surface area contributed by atoms with Gasteiger partial charge in [0.25, 0.3) is 0 Å². The number of rotatable bonds is 5. The predicted octanol–water partition coefficient (Wildman–Crippen LogP) is 2.45. The molecule has 0 radical (unpaired) electrons. The quantitative estimate of drug-likeness (QED) is 0.722. The number of halogens is 2. The average Bonchev–Trinajstić information content (AvgIpc) is 3.11. The second kappa shape index (κ2) is 7.81. The van der Waals surface area contributed by atoms with Crippen LogP contribution in [0.15, 0.2) is 52.1 Å². The van der Waals surface area contributed by atoms with E-state index < -0.39 is 21.9 Å². The molecule has 0 aliphatic carbocycles. The van der Waals surface area contributed by atoms with Gasteiger partial charge in [-0.15, -0.1) is 0 Å². The Balaban J connectivity index is 1.72. The molecule has 1 unspecified atom stereocenters. The Hall–Kier alpha value is -1.84. The Bertz CT molecular complexity index is 906. The van der Waals surface area contributed by atoms with Gasteiger partial charge in [0.2, 0.25) is 15.9 Å². The minimum absolute atomic E-state index is 0.0170. The third-order valence-corrected chi connectivity index (χ3v) is 6.54. The highest BCUT2D eigenvalue weighted by Crippen LogP contribution is 2.26. The van der Waals surface area contributed by atoms with E-state index in [1.807, 2.05) is 0 Å². The third kappa shape index (κ3) is 4.11. The van der Waals surface area contributed by atoms with Crippen molar-refractivity contribution in [3.8, 4) is 0 Å². The van der Waals surface area contributed by atoms with E-state index in [9.17, 15) is 17.6 Å². The van der Waals surface area contributed by atoms with Gasteiger partial charge in [0.15, 0.2) is 0 Å². The summed E-state index contributed by atoms with van der Waals surface area (Å²) in [6.45, 7) is 0.541. The molecule has 2 aromatic rings. The van der Waals surface area contributed by atoms with Crippen molar-refractivity contribution in [3.05, 3.63) is 58.6 Å². The molecule has 0 spiro atoms. The predicted molar refractivity (Wildman–Crippen MR) is 97.1 cm³/mol. The zero-order chi connectivity index (χ0) is 18.7. The van der Waals surface area contributed by atoms with Crippen molar-refractivity contribution in [2.45, 2.75) is 30.3 Å². The number of aromatic nitrogens is 1. The van der Waals surface area contributed by atoms with Crippen LogP contribution in [0.5, 0.6) is 0 Å². The van der Waals surface area contributed by atoms with Crippen molar-refractivity contribution < 1.29 is 17.6 Å². The fourth-order valence-corrected chi connectivity index (χ4v) is 4.96. The number of hydrogen-bond donors (Lipinski definition) is 1. The third-order valence-electron chi connectivity index (χ3n) is 4.18. The maximum Gasteiger partial charge on any atom is 0.243 e. The van der Waals surface area contributed by atoms with Gasteiger partial charge in [-0.05, 0) is 70.7 Å². The number of benzene rings is 1. The Morgan fingerprint density at radius 3 is 2.73 bits per heavy atom. The largest absolute Gasteiger partial charge is 0.351 e. The Labute approximate surface area is 159 Å². The molecule has 9 heteroatoms. The van der Waals surface area contributed by atoms with E-state index >= 15 is 0 Å². The lowest BCUT2D eigenvalue weighted by Crippen LogP contribution is -2.45. The van der Waals surface area contributed by atoms with Crippen molar-refractivity contribution in [2.24, 2.45) is 0 Å². The first-order chi connectivity index (χ1) is 12.4. The molecule has 1 aliphatic heterocycles. The monoisotopic (exact) mass is 441 g/mol. The molecule has 1 N–H and O–H groups in total. The van der Waals surface area contributed by atoms with Crippen LogP contribution in [0.4, 0.5) is 4.39 Å². The van der Waals surface area contributed by atoms with Gasteiger partial charge < -0.3 is 5.32 Å². The van der Waals surface area contributed by atoms with E-state index in [0.29, 0.717) is 17.4 Å². The van der Waals surface area contributed by atoms with Gasteiger partial charge in [-0.3, -0.25) is 4.79 Å². The highest BCUT2D eigenvalue weighted by Gasteiger charge is 2.39. The van der Waals surface area contributed by atoms with E-state index in [0.717, 1.165) is 17.7 Å². The topological polar surface area (TPSA) is 79.4 Å². The van der Waals surface area contributed by atoms with E-state index in [2.05, 4.69) is 26.2 Å². The van der Waals surface area contributed by atoms with Crippen LogP contribution in [0.3, 0.4) is 0 Å². The highest BCUT2D eigenvalue weighted by molar-refractivity contribution is 9.10. The minimum Gasteiger partial charge on any atom is -0.351 e. The van der Waals surface area contributed by atoms with E-state index in [4.69, 9.17) is 0 Å². The first-order valence-corrected chi connectivity index (χ1v) is 10.3. The first-order valence-electron chi connectivity index (χ1n) is 8.03. The lowest BCUT2D eigenvalue weighted by atomic mass is 10.2. The van der Waals surface area contributed by atoms with Gasteiger partial charge in [0.1, 0.15) is 16.5 Å². The summed E-state index contributed by atoms with van der Waals surface area (Å²) < 4.78 is 40.5. The molecule has 1 atom stereocenters. The molecule has 1 amide bonds. The fraction of sp³-hybridized carbons (Fsp3) is 0.294. The number of sulfonamides is 1. The number of nitrogens with one attached hydrogen (secondary N) is 1. The summed E-state index contributed by atoms with van der Waals surface area (Å²) in [5.74, 6) is -0.857. The van der Waals surface area contributed by atoms with Gasteiger partial charge in [-0.2, -0.15) is 4.31 Å². The molecule has 1 aromatic heterocycles. The normalized spacial score (nSPS) is 18.0. The summed E-state index contributed by atoms with van der Waals surface area (Å²) in [4.78, 5) is 16.5. The minimum atomic E-state index is -3.85. The Morgan fingerprint density at radius 2 is 2.04 bits per heavy atom. The number of hydrogen-bond acceptors (Lipinski definition) is 4. The zero-order valence-corrected chi connectivity index (χ0v) is 16.1. The van der Waals surface area contributed by atoms with Crippen molar-refractivity contribution >= 4 is 31.9 Å². The van der Waals surface area contributed by atoms with Crippen LogP contribution in [-0.4, -0.2) is 36.2 Å².